The number of carbonyl (C=O) groups is 4. The van der Waals surface area contributed by atoms with Gasteiger partial charge in [-0.3, -0.25) is 19.2 Å². The average Bonchev–Trinajstić information content (AvgIpc) is 3.00. The van der Waals surface area contributed by atoms with Gasteiger partial charge in [0.2, 0.25) is 0 Å². The number of benzene rings is 4. The zero-order chi connectivity index (χ0) is 28.4. The van der Waals surface area contributed by atoms with Gasteiger partial charge in [-0.1, -0.05) is 97.1 Å². The zero-order valence-electron chi connectivity index (χ0n) is 22.5. The second-order valence-electron chi connectivity index (χ2n) is 8.95. The first-order chi connectivity index (χ1) is 18.7. The van der Waals surface area contributed by atoms with Crippen molar-refractivity contribution in [2.45, 2.75) is 25.7 Å². The van der Waals surface area contributed by atoms with Crippen LogP contribution in [0.1, 0.15) is 68.7 Å². The van der Waals surface area contributed by atoms with Gasteiger partial charge < -0.3 is 15.3 Å². The highest BCUT2D eigenvalue weighted by Gasteiger charge is 2.18. The molecule has 40 heavy (non-hydrogen) atoms. The molecule has 0 amide bonds. The van der Waals surface area contributed by atoms with E-state index in [4.69, 9.17) is 9.84 Å². The predicted molar refractivity (Wildman–Crippen MR) is 153 cm³/mol. The van der Waals surface area contributed by atoms with Crippen LogP contribution < -0.4 is 0 Å². The molecular formula is C33H32O7. The van der Waals surface area contributed by atoms with Gasteiger partial charge in [0.05, 0.1) is 18.9 Å². The zero-order valence-corrected chi connectivity index (χ0v) is 22.5. The minimum Gasteiger partial charge on any atom is -0.481 e. The maximum Gasteiger partial charge on any atom is 0.312 e. The summed E-state index contributed by atoms with van der Waals surface area (Å²) in [5.74, 6) is -2.37. The van der Waals surface area contributed by atoms with Crippen molar-refractivity contribution in [3.63, 3.8) is 0 Å². The summed E-state index contributed by atoms with van der Waals surface area (Å²) in [5, 5.41) is 9.00. The molecule has 0 heterocycles. The van der Waals surface area contributed by atoms with E-state index in [0.717, 1.165) is 5.56 Å². The third-order valence-corrected chi connectivity index (χ3v) is 6.29. The Morgan fingerprint density at radius 1 is 0.575 bits per heavy atom. The van der Waals surface area contributed by atoms with Crippen LogP contribution >= 0.6 is 0 Å². The Balaban J connectivity index is 0.000000274. The van der Waals surface area contributed by atoms with Crippen molar-refractivity contribution < 1.29 is 34.5 Å². The van der Waals surface area contributed by atoms with Gasteiger partial charge in [0.25, 0.3) is 0 Å². The van der Waals surface area contributed by atoms with E-state index < -0.39 is 11.9 Å². The summed E-state index contributed by atoms with van der Waals surface area (Å²) >= 11 is 0. The number of esters is 1. The fraction of sp³-hybridized carbons (Fsp3) is 0.152. The van der Waals surface area contributed by atoms with E-state index >= 15 is 0 Å². The van der Waals surface area contributed by atoms with E-state index in [2.05, 4.69) is 0 Å². The van der Waals surface area contributed by atoms with Gasteiger partial charge in [-0.15, -0.1) is 0 Å². The van der Waals surface area contributed by atoms with E-state index in [1.54, 1.807) is 92.7 Å². The lowest BCUT2D eigenvalue weighted by atomic mass is 9.96. The largest absolute Gasteiger partial charge is 0.481 e. The van der Waals surface area contributed by atoms with Crippen molar-refractivity contribution in [3.05, 3.63) is 143 Å². The van der Waals surface area contributed by atoms with E-state index in [-0.39, 0.29) is 28.9 Å². The molecule has 4 rings (SSSR count). The van der Waals surface area contributed by atoms with Crippen LogP contribution in [0.5, 0.6) is 0 Å². The van der Waals surface area contributed by atoms with Gasteiger partial charge in [-0.2, -0.15) is 0 Å². The molecule has 2 unspecified atom stereocenters. The molecule has 0 radical (unpaired) electrons. The number of ketones is 2. The summed E-state index contributed by atoms with van der Waals surface area (Å²) in [4.78, 5) is 47.1. The molecule has 0 saturated carbocycles. The third kappa shape index (κ3) is 8.06. The molecule has 2 atom stereocenters. The molecule has 4 aromatic carbocycles. The standard InChI is InChI=1S/C17H16O3.C16H14O3.H2O/c1-12(17(19)20-2)14-9-6-10-15(11-14)16(18)13-7-4-3-5-8-13;1-11(16(18)19)13-8-5-9-14(10-13)15(17)12-6-3-2-4-7-12;/h3-12H,1-2H3;2-11H,1H3,(H,18,19);1H2. The average molecular weight is 541 g/mol. The van der Waals surface area contributed by atoms with Crippen LogP contribution in [0.15, 0.2) is 109 Å². The van der Waals surface area contributed by atoms with E-state index in [1.807, 2.05) is 30.3 Å². The molecule has 0 fully saturated rings. The normalized spacial score (nSPS) is 11.5. The molecule has 7 nitrogen and oxygen atoms in total. The van der Waals surface area contributed by atoms with Gasteiger partial charge in [0.15, 0.2) is 11.6 Å². The third-order valence-electron chi connectivity index (χ3n) is 6.29. The van der Waals surface area contributed by atoms with E-state index in [9.17, 15) is 19.2 Å². The highest BCUT2D eigenvalue weighted by atomic mass is 16.5. The number of rotatable bonds is 8. The van der Waals surface area contributed by atoms with Crippen LogP contribution in [0, 0.1) is 0 Å². The Bertz CT molecular complexity index is 1450. The molecule has 0 aliphatic rings. The molecule has 206 valence electrons. The molecule has 4 aromatic rings. The molecule has 0 bridgehead atoms. The molecule has 0 spiro atoms. The summed E-state index contributed by atoms with van der Waals surface area (Å²) < 4.78 is 4.73. The van der Waals surface area contributed by atoms with Gasteiger partial charge in [-0.05, 0) is 37.1 Å². The summed E-state index contributed by atoms with van der Waals surface area (Å²) in [6.45, 7) is 3.37. The minimum atomic E-state index is -0.899. The van der Waals surface area contributed by atoms with Crippen molar-refractivity contribution in [2.24, 2.45) is 0 Å². The molecule has 0 aliphatic heterocycles. The smallest absolute Gasteiger partial charge is 0.312 e. The number of carboxylic acid groups (broad SMARTS) is 1. The lowest BCUT2D eigenvalue weighted by Crippen LogP contribution is -2.11. The Morgan fingerprint density at radius 2 is 0.950 bits per heavy atom. The van der Waals surface area contributed by atoms with Crippen molar-refractivity contribution in [2.75, 3.05) is 7.11 Å². The monoisotopic (exact) mass is 540 g/mol. The number of hydrogen-bond donors (Lipinski definition) is 1. The molecule has 7 heteroatoms. The summed E-state index contributed by atoms with van der Waals surface area (Å²) in [7, 11) is 1.36. The fourth-order valence-electron chi connectivity index (χ4n) is 3.87. The topological polar surface area (TPSA) is 129 Å². The molecule has 0 saturated heterocycles. The number of carbonyl (C=O) groups excluding carboxylic acids is 3. The van der Waals surface area contributed by atoms with E-state index in [0.29, 0.717) is 27.8 Å². The minimum absolute atomic E-state index is 0. The molecule has 0 aromatic heterocycles. The van der Waals surface area contributed by atoms with Crippen molar-refractivity contribution in [1.82, 2.24) is 0 Å². The van der Waals surface area contributed by atoms with Crippen LogP contribution in [-0.4, -0.2) is 41.2 Å². The molecule has 0 aliphatic carbocycles. The van der Waals surface area contributed by atoms with Gasteiger partial charge >= 0.3 is 11.9 Å². The summed E-state index contributed by atoms with van der Waals surface area (Å²) in [6.07, 6.45) is 0. The number of ether oxygens (including phenoxy) is 1. The van der Waals surface area contributed by atoms with E-state index in [1.165, 1.54) is 7.11 Å². The van der Waals surface area contributed by atoms with Gasteiger partial charge in [-0.25, -0.2) is 0 Å². The Kier molecular flexibility index (Phi) is 11.7. The highest BCUT2D eigenvalue weighted by Crippen LogP contribution is 2.20. The van der Waals surface area contributed by atoms with Crippen molar-refractivity contribution >= 4 is 23.5 Å². The van der Waals surface area contributed by atoms with Crippen molar-refractivity contribution in [3.8, 4) is 0 Å². The second-order valence-corrected chi connectivity index (χ2v) is 8.95. The van der Waals surface area contributed by atoms with Crippen molar-refractivity contribution in [1.29, 1.82) is 0 Å². The highest BCUT2D eigenvalue weighted by molar-refractivity contribution is 6.09. The molecule has 3 N–H and O–H groups in total. The lowest BCUT2D eigenvalue weighted by molar-refractivity contribution is -0.142. The molecular weight excluding hydrogens is 508 g/mol. The van der Waals surface area contributed by atoms with Crippen LogP contribution in [0.25, 0.3) is 0 Å². The Labute approximate surface area is 233 Å². The van der Waals surface area contributed by atoms with Crippen LogP contribution in [-0.2, 0) is 14.3 Å². The number of aliphatic carboxylic acids is 1. The first-order valence-corrected chi connectivity index (χ1v) is 12.4. The number of hydrogen-bond acceptors (Lipinski definition) is 5. The predicted octanol–water partition coefficient (Wildman–Crippen LogP) is 5.48. The Hall–Kier alpha value is -4.88. The SMILES string of the molecule is CC(C(=O)O)c1cccc(C(=O)c2ccccc2)c1.COC(=O)C(C)c1cccc(C(=O)c2ccccc2)c1.O. The van der Waals surface area contributed by atoms with Crippen LogP contribution in [0.4, 0.5) is 0 Å². The first kappa shape index (κ1) is 31.3. The fourth-order valence-corrected chi connectivity index (χ4v) is 3.87. The number of methoxy groups -OCH3 is 1. The second kappa shape index (κ2) is 14.9. The maximum absolute atomic E-state index is 12.3. The van der Waals surface area contributed by atoms with Gasteiger partial charge in [0.1, 0.15) is 0 Å². The summed E-state index contributed by atoms with van der Waals surface area (Å²) in [5.41, 5.74) is 3.73. The quantitative estimate of drug-likeness (QED) is 0.233. The Morgan fingerprint density at radius 3 is 1.32 bits per heavy atom. The lowest BCUT2D eigenvalue weighted by Gasteiger charge is -2.10. The summed E-state index contributed by atoms with van der Waals surface area (Å²) in [6, 6.07) is 31.9. The first-order valence-electron chi connectivity index (χ1n) is 12.4. The maximum atomic E-state index is 12.3. The van der Waals surface area contributed by atoms with Crippen LogP contribution in [0.3, 0.4) is 0 Å². The number of carboxylic acids is 1. The van der Waals surface area contributed by atoms with Gasteiger partial charge in [0, 0.05) is 22.3 Å². The van der Waals surface area contributed by atoms with Crippen LogP contribution in [0.2, 0.25) is 0 Å².